The number of methoxy groups -OCH3 is 1. The molecule has 1 aromatic carbocycles. The summed E-state index contributed by atoms with van der Waals surface area (Å²) in [6.45, 7) is 3.09. The SMILES string of the molecule is COc1ccc(OCCCCN2CCCC[C@@H]2c2cccnc2)cc1. The van der Waals surface area contributed by atoms with E-state index in [0.717, 1.165) is 37.5 Å². The van der Waals surface area contributed by atoms with Gasteiger partial charge in [0.25, 0.3) is 0 Å². The quantitative estimate of drug-likeness (QED) is 0.664. The van der Waals surface area contributed by atoms with Crippen LogP contribution in [0.3, 0.4) is 0 Å². The number of nitrogens with zero attached hydrogens (tertiary/aromatic N) is 2. The molecule has 0 amide bonds. The van der Waals surface area contributed by atoms with Gasteiger partial charge in [-0.2, -0.15) is 0 Å². The predicted molar refractivity (Wildman–Crippen MR) is 100 cm³/mol. The van der Waals surface area contributed by atoms with Gasteiger partial charge in [0.2, 0.25) is 0 Å². The van der Waals surface area contributed by atoms with Crippen LogP contribution in [-0.4, -0.2) is 36.7 Å². The Bertz CT molecular complexity index is 616. The zero-order valence-corrected chi connectivity index (χ0v) is 15.1. The first-order chi connectivity index (χ1) is 12.4. The van der Waals surface area contributed by atoms with Crippen LogP contribution < -0.4 is 9.47 Å². The van der Waals surface area contributed by atoms with E-state index in [1.807, 2.05) is 42.7 Å². The highest BCUT2D eigenvalue weighted by Crippen LogP contribution is 2.30. The molecule has 2 heterocycles. The van der Waals surface area contributed by atoms with Gasteiger partial charge in [0.05, 0.1) is 13.7 Å². The summed E-state index contributed by atoms with van der Waals surface area (Å²) >= 11 is 0. The largest absolute Gasteiger partial charge is 0.497 e. The molecule has 1 fully saturated rings. The van der Waals surface area contributed by atoms with E-state index in [-0.39, 0.29) is 0 Å². The van der Waals surface area contributed by atoms with Crippen molar-refractivity contribution in [3.63, 3.8) is 0 Å². The van der Waals surface area contributed by atoms with Crippen molar-refractivity contribution >= 4 is 0 Å². The second kappa shape index (κ2) is 9.42. The maximum Gasteiger partial charge on any atom is 0.119 e. The maximum absolute atomic E-state index is 5.82. The van der Waals surface area contributed by atoms with E-state index < -0.39 is 0 Å². The molecule has 3 rings (SSSR count). The Balaban J connectivity index is 1.41. The Hall–Kier alpha value is -2.07. The lowest BCUT2D eigenvalue weighted by atomic mass is 9.96. The van der Waals surface area contributed by atoms with Gasteiger partial charge in [0.1, 0.15) is 11.5 Å². The lowest BCUT2D eigenvalue weighted by molar-refractivity contribution is 0.143. The summed E-state index contributed by atoms with van der Waals surface area (Å²) in [7, 11) is 1.68. The van der Waals surface area contributed by atoms with E-state index in [1.54, 1.807) is 7.11 Å². The Morgan fingerprint density at radius 1 is 1.08 bits per heavy atom. The number of hydrogen-bond donors (Lipinski definition) is 0. The zero-order chi connectivity index (χ0) is 17.3. The molecule has 2 aromatic rings. The molecule has 0 spiro atoms. The fourth-order valence-corrected chi connectivity index (χ4v) is 3.49. The van der Waals surface area contributed by atoms with Crippen molar-refractivity contribution in [2.45, 2.75) is 38.1 Å². The van der Waals surface area contributed by atoms with Crippen LogP contribution in [-0.2, 0) is 0 Å². The predicted octanol–water partition coefficient (Wildman–Crippen LogP) is 4.48. The van der Waals surface area contributed by atoms with Crippen molar-refractivity contribution < 1.29 is 9.47 Å². The molecule has 1 aromatic heterocycles. The molecule has 0 aliphatic carbocycles. The van der Waals surface area contributed by atoms with Gasteiger partial charge in [-0.25, -0.2) is 0 Å². The minimum atomic E-state index is 0.532. The van der Waals surface area contributed by atoms with Crippen LogP contribution in [0, 0.1) is 0 Å². The van der Waals surface area contributed by atoms with Crippen molar-refractivity contribution in [3.05, 3.63) is 54.4 Å². The third-order valence-corrected chi connectivity index (χ3v) is 4.85. The summed E-state index contributed by atoms with van der Waals surface area (Å²) in [5, 5.41) is 0. The van der Waals surface area contributed by atoms with Gasteiger partial charge in [0, 0.05) is 18.4 Å². The number of aromatic nitrogens is 1. The molecule has 4 nitrogen and oxygen atoms in total. The number of rotatable bonds is 8. The van der Waals surface area contributed by atoms with Gasteiger partial charge in [-0.15, -0.1) is 0 Å². The first kappa shape index (κ1) is 17.7. The van der Waals surface area contributed by atoms with Crippen LogP contribution >= 0.6 is 0 Å². The van der Waals surface area contributed by atoms with Gasteiger partial charge < -0.3 is 9.47 Å². The highest BCUT2D eigenvalue weighted by Gasteiger charge is 2.23. The molecule has 25 heavy (non-hydrogen) atoms. The molecule has 0 radical (unpaired) electrons. The van der Waals surface area contributed by atoms with Crippen LogP contribution in [0.25, 0.3) is 0 Å². The van der Waals surface area contributed by atoms with Crippen molar-refractivity contribution in [2.75, 3.05) is 26.8 Å². The number of likely N-dealkylation sites (tertiary alicyclic amines) is 1. The van der Waals surface area contributed by atoms with Crippen LogP contribution in [0.5, 0.6) is 11.5 Å². The third kappa shape index (κ3) is 5.20. The van der Waals surface area contributed by atoms with E-state index in [4.69, 9.17) is 9.47 Å². The first-order valence-corrected chi connectivity index (χ1v) is 9.27. The van der Waals surface area contributed by atoms with Crippen molar-refractivity contribution in [1.82, 2.24) is 9.88 Å². The molecule has 1 aliphatic heterocycles. The van der Waals surface area contributed by atoms with Crippen LogP contribution in [0.15, 0.2) is 48.8 Å². The Morgan fingerprint density at radius 3 is 2.68 bits per heavy atom. The van der Waals surface area contributed by atoms with Gasteiger partial charge in [-0.3, -0.25) is 9.88 Å². The van der Waals surface area contributed by atoms with Crippen molar-refractivity contribution in [3.8, 4) is 11.5 Å². The number of piperidine rings is 1. The standard InChI is InChI=1S/C21H28N2O2/c1-24-19-9-11-20(12-10-19)25-16-5-4-15-23-14-3-2-8-21(23)18-7-6-13-22-17-18/h6-7,9-13,17,21H,2-5,8,14-16H2,1H3/t21-/m1/s1. The molecule has 0 saturated carbocycles. The lowest BCUT2D eigenvalue weighted by Gasteiger charge is -2.35. The molecule has 1 aliphatic rings. The molecule has 0 N–H and O–H groups in total. The average Bonchev–Trinajstić information content (AvgIpc) is 2.69. The first-order valence-electron chi connectivity index (χ1n) is 9.27. The Morgan fingerprint density at radius 2 is 1.92 bits per heavy atom. The summed E-state index contributed by atoms with van der Waals surface area (Å²) in [6, 6.07) is 12.6. The van der Waals surface area contributed by atoms with E-state index in [9.17, 15) is 0 Å². The molecule has 134 valence electrons. The molecule has 4 heteroatoms. The minimum Gasteiger partial charge on any atom is -0.497 e. The molecular formula is C21H28N2O2. The number of unbranched alkanes of at least 4 members (excludes halogenated alkanes) is 1. The van der Waals surface area contributed by atoms with Crippen molar-refractivity contribution in [2.24, 2.45) is 0 Å². The zero-order valence-electron chi connectivity index (χ0n) is 15.1. The Kier molecular flexibility index (Phi) is 6.69. The fourth-order valence-electron chi connectivity index (χ4n) is 3.49. The summed E-state index contributed by atoms with van der Waals surface area (Å²) in [5.74, 6) is 1.77. The minimum absolute atomic E-state index is 0.532. The van der Waals surface area contributed by atoms with Crippen LogP contribution in [0.4, 0.5) is 0 Å². The molecule has 1 saturated heterocycles. The van der Waals surface area contributed by atoms with Crippen molar-refractivity contribution in [1.29, 1.82) is 0 Å². The number of ether oxygens (including phenoxy) is 2. The number of hydrogen-bond acceptors (Lipinski definition) is 4. The molecule has 0 unspecified atom stereocenters. The second-order valence-corrected chi connectivity index (χ2v) is 6.57. The maximum atomic E-state index is 5.82. The summed E-state index contributed by atoms with van der Waals surface area (Å²) < 4.78 is 11.0. The molecule has 1 atom stereocenters. The van der Waals surface area contributed by atoms with Gasteiger partial charge >= 0.3 is 0 Å². The number of pyridine rings is 1. The van der Waals surface area contributed by atoms with E-state index in [1.165, 1.54) is 31.4 Å². The normalized spacial score (nSPS) is 18.0. The molecule has 0 bridgehead atoms. The topological polar surface area (TPSA) is 34.6 Å². The van der Waals surface area contributed by atoms with Crippen LogP contribution in [0.1, 0.15) is 43.7 Å². The second-order valence-electron chi connectivity index (χ2n) is 6.57. The van der Waals surface area contributed by atoms with Gasteiger partial charge in [-0.05, 0) is 74.7 Å². The van der Waals surface area contributed by atoms with E-state index >= 15 is 0 Å². The summed E-state index contributed by atoms with van der Waals surface area (Å²) in [6.07, 6.45) is 9.97. The number of benzene rings is 1. The third-order valence-electron chi connectivity index (χ3n) is 4.85. The smallest absolute Gasteiger partial charge is 0.119 e. The summed E-state index contributed by atoms with van der Waals surface area (Å²) in [5.41, 5.74) is 1.36. The highest BCUT2D eigenvalue weighted by atomic mass is 16.5. The molecular weight excluding hydrogens is 312 g/mol. The monoisotopic (exact) mass is 340 g/mol. The van der Waals surface area contributed by atoms with E-state index in [2.05, 4.69) is 16.0 Å². The Labute approximate surface area is 150 Å². The van der Waals surface area contributed by atoms with Gasteiger partial charge in [-0.1, -0.05) is 12.5 Å². The fraction of sp³-hybridized carbons (Fsp3) is 0.476. The van der Waals surface area contributed by atoms with E-state index in [0.29, 0.717) is 6.04 Å². The highest BCUT2D eigenvalue weighted by molar-refractivity contribution is 5.31. The van der Waals surface area contributed by atoms with Crippen LogP contribution in [0.2, 0.25) is 0 Å². The van der Waals surface area contributed by atoms with Gasteiger partial charge in [0.15, 0.2) is 0 Å². The summed E-state index contributed by atoms with van der Waals surface area (Å²) in [4.78, 5) is 6.91. The lowest BCUT2D eigenvalue weighted by Crippen LogP contribution is -2.34. The average molecular weight is 340 g/mol.